The van der Waals surface area contributed by atoms with E-state index >= 15 is 0 Å². The smallest absolute Gasteiger partial charge is 0.383 e. The Balaban J connectivity index is 2.29. The molecule has 0 saturated heterocycles. The maximum absolute atomic E-state index is 13.2. The first-order valence-electron chi connectivity index (χ1n) is 5.97. The minimum Gasteiger partial charge on any atom is -0.383 e. The van der Waals surface area contributed by atoms with E-state index in [0.717, 1.165) is 12.3 Å². The van der Waals surface area contributed by atoms with Gasteiger partial charge in [0.05, 0.1) is 5.56 Å². The maximum atomic E-state index is 13.2. The summed E-state index contributed by atoms with van der Waals surface area (Å²) in [6, 6.07) is 7.52. The summed E-state index contributed by atoms with van der Waals surface area (Å²) in [5.74, 6) is -0.594. The number of imidazole rings is 1. The van der Waals surface area contributed by atoms with Crippen LogP contribution in [0.5, 0.6) is 0 Å². The van der Waals surface area contributed by atoms with Crippen molar-refractivity contribution >= 4 is 11.5 Å². The number of nitrogens with zero attached hydrogens (tertiary/aromatic N) is 2. The van der Waals surface area contributed by atoms with Crippen LogP contribution in [0.2, 0.25) is 0 Å². The molecule has 3 rings (SSSR count). The number of halogens is 4. The number of hydrogen-bond donors (Lipinski definition) is 1. The summed E-state index contributed by atoms with van der Waals surface area (Å²) in [4.78, 5) is 4.07. The molecule has 0 bridgehead atoms. The second kappa shape index (κ2) is 4.47. The molecule has 2 heterocycles. The van der Waals surface area contributed by atoms with Crippen molar-refractivity contribution in [2.45, 2.75) is 6.18 Å². The van der Waals surface area contributed by atoms with Crippen LogP contribution in [0.15, 0.2) is 42.6 Å². The molecule has 0 unspecified atom stereocenters. The third-order valence-electron chi connectivity index (χ3n) is 3.11. The van der Waals surface area contributed by atoms with Gasteiger partial charge in [-0.1, -0.05) is 18.2 Å². The molecule has 0 amide bonds. The number of nitrogen functional groups attached to an aromatic ring is 1. The zero-order chi connectivity index (χ0) is 15.2. The Kier molecular flexibility index (Phi) is 2.86. The highest BCUT2D eigenvalue weighted by molar-refractivity contribution is 5.77. The summed E-state index contributed by atoms with van der Waals surface area (Å²) < 4.78 is 53.6. The monoisotopic (exact) mass is 295 g/mol. The van der Waals surface area contributed by atoms with Crippen LogP contribution in [0, 0.1) is 5.82 Å². The van der Waals surface area contributed by atoms with Gasteiger partial charge in [0.2, 0.25) is 0 Å². The molecule has 0 radical (unpaired) electrons. The van der Waals surface area contributed by atoms with E-state index in [1.807, 2.05) is 0 Å². The number of pyridine rings is 1. The second-order valence-electron chi connectivity index (χ2n) is 4.46. The van der Waals surface area contributed by atoms with Gasteiger partial charge >= 0.3 is 6.18 Å². The Labute approximate surface area is 116 Å². The minimum absolute atomic E-state index is 0.0199. The van der Waals surface area contributed by atoms with Crippen molar-refractivity contribution in [2.24, 2.45) is 0 Å². The van der Waals surface area contributed by atoms with E-state index in [1.54, 1.807) is 0 Å². The minimum atomic E-state index is -4.52. The maximum Gasteiger partial charge on any atom is 0.417 e. The average Bonchev–Trinajstić information content (AvgIpc) is 2.75. The lowest BCUT2D eigenvalue weighted by atomic mass is 10.0. The van der Waals surface area contributed by atoms with E-state index in [9.17, 15) is 17.6 Å². The molecule has 0 aliphatic carbocycles. The SMILES string of the molecule is Nc1c(-c2ccccc2C(F)(F)F)nc2ccc(F)cn12. The number of benzene rings is 1. The van der Waals surface area contributed by atoms with Crippen molar-refractivity contribution in [3.05, 3.63) is 54.0 Å². The molecule has 3 nitrogen and oxygen atoms in total. The molecule has 0 fully saturated rings. The average molecular weight is 295 g/mol. The van der Waals surface area contributed by atoms with Crippen LogP contribution in [0.4, 0.5) is 23.4 Å². The Morgan fingerprint density at radius 3 is 2.48 bits per heavy atom. The first kappa shape index (κ1) is 13.4. The zero-order valence-corrected chi connectivity index (χ0v) is 10.5. The van der Waals surface area contributed by atoms with Crippen LogP contribution < -0.4 is 5.73 Å². The molecule has 0 aliphatic heterocycles. The Bertz CT molecular complexity index is 821. The molecule has 2 N–H and O–H groups in total. The molecular weight excluding hydrogens is 286 g/mol. The van der Waals surface area contributed by atoms with Crippen molar-refractivity contribution < 1.29 is 17.6 Å². The standard InChI is InChI=1S/C14H9F4N3/c15-8-5-6-11-20-12(13(19)21(11)7-8)9-3-1-2-4-10(9)14(16,17)18/h1-7H,19H2. The molecule has 0 saturated carbocycles. The number of aromatic nitrogens is 2. The molecule has 0 aliphatic rings. The van der Waals surface area contributed by atoms with Crippen molar-refractivity contribution in [1.82, 2.24) is 9.38 Å². The third-order valence-corrected chi connectivity index (χ3v) is 3.11. The van der Waals surface area contributed by atoms with Gasteiger partial charge in [-0.15, -0.1) is 0 Å². The fourth-order valence-electron chi connectivity index (χ4n) is 2.17. The van der Waals surface area contributed by atoms with E-state index in [0.29, 0.717) is 0 Å². The highest BCUT2D eigenvalue weighted by atomic mass is 19.4. The lowest BCUT2D eigenvalue weighted by Crippen LogP contribution is -2.07. The van der Waals surface area contributed by atoms with Crippen molar-refractivity contribution in [2.75, 3.05) is 5.73 Å². The number of anilines is 1. The van der Waals surface area contributed by atoms with Gasteiger partial charge in [0, 0.05) is 11.8 Å². The quantitative estimate of drug-likeness (QED) is 0.695. The van der Waals surface area contributed by atoms with Gasteiger partial charge in [-0.3, -0.25) is 4.40 Å². The van der Waals surface area contributed by atoms with Crippen LogP contribution in [-0.4, -0.2) is 9.38 Å². The first-order valence-corrected chi connectivity index (χ1v) is 5.97. The fraction of sp³-hybridized carbons (Fsp3) is 0.0714. The van der Waals surface area contributed by atoms with E-state index in [2.05, 4.69) is 4.98 Å². The highest BCUT2D eigenvalue weighted by Gasteiger charge is 2.34. The van der Waals surface area contributed by atoms with Gasteiger partial charge in [0.1, 0.15) is 23.0 Å². The van der Waals surface area contributed by atoms with Crippen molar-refractivity contribution in [1.29, 1.82) is 0 Å². The number of fused-ring (bicyclic) bond motifs is 1. The van der Waals surface area contributed by atoms with Crippen LogP contribution in [0.1, 0.15) is 5.56 Å². The summed E-state index contributed by atoms with van der Waals surface area (Å²) in [6.07, 6.45) is -3.44. The molecular formula is C14H9F4N3. The van der Waals surface area contributed by atoms with Crippen molar-refractivity contribution in [3.63, 3.8) is 0 Å². The predicted molar refractivity (Wildman–Crippen MR) is 70.0 cm³/mol. The summed E-state index contributed by atoms with van der Waals surface area (Å²) in [5.41, 5.74) is 5.11. The summed E-state index contributed by atoms with van der Waals surface area (Å²) >= 11 is 0. The third kappa shape index (κ3) is 2.20. The van der Waals surface area contributed by atoms with Crippen LogP contribution in [0.3, 0.4) is 0 Å². The Morgan fingerprint density at radius 1 is 1.05 bits per heavy atom. The molecule has 3 aromatic rings. The van der Waals surface area contributed by atoms with Gasteiger partial charge in [-0.2, -0.15) is 13.2 Å². The Hall–Kier alpha value is -2.57. The molecule has 108 valence electrons. The first-order chi connectivity index (χ1) is 9.88. The van der Waals surface area contributed by atoms with Crippen LogP contribution in [0.25, 0.3) is 16.9 Å². The summed E-state index contributed by atoms with van der Waals surface area (Å²) in [5, 5.41) is 0. The number of alkyl halides is 3. The van der Waals surface area contributed by atoms with Crippen LogP contribution in [-0.2, 0) is 6.18 Å². The van der Waals surface area contributed by atoms with Crippen molar-refractivity contribution in [3.8, 4) is 11.3 Å². The summed E-state index contributed by atoms with van der Waals surface area (Å²) in [6.45, 7) is 0. The van der Waals surface area contributed by atoms with Gasteiger partial charge in [-0.05, 0) is 18.2 Å². The number of nitrogens with two attached hydrogens (primary N) is 1. The van der Waals surface area contributed by atoms with E-state index in [-0.39, 0.29) is 22.7 Å². The molecule has 7 heteroatoms. The van der Waals surface area contributed by atoms with Gasteiger partial charge in [-0.25, -0.2) is 9.37 Å². The molecule has 2 aromatic heterocycles. The highest BCUT2D eigenvalue weighted by Crippen LogP contribution is 2.38. The molecule has 1 aromatic carbocycles. The fourth-order valence-corrected chi connectivity index (χ4v) is 2.17. The molecule has 0 atom stereocenters. The lowest BCUT2D eigenvalue weighted by molar-refractivity contribution is -0.137. The zero-order valence-electron chi connectivity index (χ0n) is 10.5. The van der Waals surface area contributed by atoms with Gasteiger partial charge in [0.15, 0.2) is 0 Å². The largest absolute Gasteiger partial charge is 0.417 e. The van der Waals surface area contributed by atoms with E-state index < -0.39 is 17.6 Å². The number of rotatable bonds is 1. The Morgan fingerprint density at radius 2 is 1.76 bits per heavy atom. The molecule has 21 heavy (non-hydrogen) atoms. The van der Waals surface area contributed by atoms with Gasteiger partial charge < -0.3 is 5.73 Å². The number of hydrogen-bond acceptors (Lipinski definition) is 2. The predicted octanol–water partition coefficient (Wildman–Crippen LogP) is 3.74. The van der Waals surface area contributed by atoms with Gasteiger partial charge in [0.25, 0.3) is 0 Å². The topological polar surface area (TPSA) is 43.3 Å². The van der Waals surface area contributed by atoms with E-state index in [1.165, 1.54) is 34.7 Å². The summed E-state index contributed by atoms with van der Waals surface area (Å²) in [7, 11) is 0. The molecule has 0 spiro atoms. The van der Waals surface area contributed by atoms with Crippen LogP contribution >= 0.6 is 0 Å². The second-order valence-corrected chi connectivity index (χ2v) is 4.46. The normalized spacial score (nSPS) is 12.0. The van der Waals surface area contributed by atoms with E-state index in [4.69, 9.17) is 5.73 Å². The lowest BCUT2D eigenvalue weighted by Gasteiger charge is -2.11.